The second kappa shape index (κ2) is 4.83. The molecule has 0 saturated heterocycles. The Bertz CT molecular complexity index is 647. The third-order valence-electron chi connectivity index (χ3n) is 2.65. The van der Waals surface area contributed by atoms with Crippen molar-refractivity contribution in [1.29, 1.82) is 0 Å². The van der Waals surface area contributed by atoms with Gasteiger partial charge in [-0.25, -0.2) is 9.78 Å². The molecule has 5 heteroatoms. The van der Waals surface area contributed by atoms with Crippen LogP contribution in [-0.2, 0) is 6.54 Å². The van der Waals surface area contributed by atoms with E-state index in [4.69, 9.17) is 5.11 Å². The van der Waals surface area contributed by atoms with Gasteiger partial charge in [0.15, 0.2) is 0 Å². The lowest BCUT2D eigenvalue weighted by Crippen LogP contribution is -2.21. The highest BCUT2D eigenvalue weighted by molar-refractivity contribution is 5.85. The Morgan fingerprint density at radius 3 is 2.83 bits per heavy atom. The molecule has 0 aromatic carbocycles. The van der Waals surface area contributed by atoms with Crippen LogP contribution in [0.15, 0.2) is 41.3 Å². The van der Waals surface area contributed by atoms with E-state index < -0.39 is 5.97 Å². The zero-order chi connectivity index (χ0) is 13.1. The van der Waals surface area contributed by atoms with Crippen molar-refractivity contribution in [3.05, 3.63) is 63.8 Å². The predicted octanol–water partition coefficient (Wildman–Crippen LogP) is 1.30. The van der Waals surface area contributed by atoms with Gasteiger partial charge < -0.3 is 9.67 Å². The fourth-order valence-corrected chi connectivity index (χ4v) is 1.70. The van der Waals surface area contributed by atoms with Crippen molar-refractivity contribution in [3.8, 4) is 0 Å². The fourth-order valence-electron chi connectivity index (χ4n) is 1.70. The second-order valence-electron chi connectivity index (χ2n) is 3.95. The minimum atomic E-state index is -1.08. The molecule has 2 heterocycles. The standard InChI is InChI=1S/C13H12N2O3/c1-9-3-2-4-12(16)15(9)8-10-5-6-14-11(7-10)13(17)18/h2-7H,8H2,1H3,(H,17,18). The van der Waals surface area contributed by atoms with Crippen molar-refractivity contribution in [2.45, 2.75) is 13.5 Å². The van der Waals surface area contributed by atoms with E-state index >= 15 is 0 Å². The van der Waals surface area contributed by atoms with E-state index in [-0.39, 0.29) is 11.3 Å². The van der Waals surface area contributed by atoms with Crippen LogP contribution in [0, 0.1) is 6.92 Å². The van der Waals surface area contributed by atoms with E-state index in [0.717, 1.165) is 11.3 Å². The number of hydrogen-bond donors (Lipinski definition) is 1. The molecule has 0 aliphatic carbocycles. The molecule has 0 aliphatic heterocycles. The first kappa shape index (κ1) is 12.0. The maximum absolute atomic E-state index is 11.7. The van der Waals surface area contributed by atoms with Gasteiger partial charge in [0.2, 0.25) is 0 Å². The largest absolute Gasteiger partial charge is 0.477 e. The number of aryl methyl sites for hydroxylation is 1. The van der Waals surface area contributed by atoms with Crippen LogP contribution in [0.3, 0.4) is 0 Å². The zero-order valence-electron chi connectivity index (χ0n) is 9.83. The van der Waals surface area contributed by atoms with Gasteiger partial charge in [0.05, 0.1) is 6.54 Å². The number of pyridine rings is 2. The highest BCUT2D eigenvalue weighted by atomic mass is 16.4. The summed E-state index contributed by atoms with van der Waals surface area (Å²) in [5, 5.41) is 8.85. The van der Waals surface area contributed by atoms with Gasteiger partial charge in [0.25, 0.3) is 5.56 Å². The van der Waals surface area contributed by atoms with Gasteiger partial charge in [-0.05, 0) is 30.7 Å². The van der Waals surface area contributed by atoms with Gasteiger partial charge in [0.1, 0.15) is 5.69 Å². The molecule has 0 fully saturated rings. The van der Waals surface area contributed by atoms with Gasteiger partial charge in [-0.2, -0.15) is 0 Å². The summed E-state index contributed by atoms with van der Waals surface area (Å²) in [4.78, 5) is 26.2. The maximum Gasteiger partial charge on any atom is 0.354 e. The van der Waals surface area contributed by atoms with Crippen molar-refractivity contribution in [1.82, 2.24) is 9.55 Å². The molecule has 0 spiro atoms. The third kappa shape index (κ3) is 2.45. The topological polar surface area (TPSA) is 72.2 Å². The number of carbonyl (C=O) groups is 1. The van der Waals surface area contributed by atoms with Crippen LogP contribution in [-0.4, -0.2) is 20.6 Å². The Labute approximate surface area is 103 Å². The minimum absolute atomic E-state index is 0.0193. The third-order valence-corrected chi connectivity index (χ3v) is 2.65. The summed E-state index contributed by atoms with van der Waals surface area (Å²) in [6.45, 7) is 2.18. The molecule has 2 aromatic heterocycles. The summed E-state index contributed by atoms with van der Waals surface area (Å²) in [5.74, 6) is -1.08. The number of carboxylic acid groups (broad SMARTS) is 1. The van der Waals surface area contributed by atoms with Crippen LogP contribution < -0.4 is 5.56 Å². The minimum Gasteiger partial charge on any atom is -0.477 e. The SMILES string of the molecule is Cc1cccc(=O)n1Cc1ccnc(C(=O)O)c1. The first-order valence-electron chi connectivity index (χ1n) is 5.42. The smallest absolute Gasteiger partial charge is 0.354 e. The van der Waals surface area contributed by atoms with Crippen molar-refractivity contribution in [3.63, 3.8) is 0 Å². The molecule has 0 aliphatic rings. The Balaban J connectivity index is 2.37. The predicted molar refractivity (Wildman–Crippen MR) is 65.7 cm³/mol. The van der Waals surface area contributed by atoms with E-state index in [2.05, 4.69) is 4.98 Å². The Morgan fingerprint density at radius 1 is 1.39 bits per heavy atom. The Kier molecular flexibility index (Phi) is 3.23. The lowest BCUT2D eigenvalue weighted by molar-refractivity contribution is 0.0690. The van der Waals surface area contributed by atoms with Crippen LogP contribution in [0.1, 0.15) is 21.7 Å². The van der Waals surface area contributed by atoms with E-state index in [0.29, 0.717) is 6.54 Å². The van der Waals surface area contributed by atoms with Gasteiger partial charge in [0, 0.05) is 18.0 Å². The molecule has 0 unspecified atom stereocenters. The molecule has 92 valence electrons. The summed E-state index contributed by atoms with van der Waals surface area (Å²) < 4.78 is 1.58. The fraction of sp³-hybridized carbons (Fsp3) is 0.154. The number of carboxylic acids is 1. The second-order valence-corrected chi connectivity index (χ2v) is 3.95. The summed E-state index contributed by atoms with van der Waals surface area (Å²) in [6.07, 6.45) is 1.43. The molecule has 0 bridgehead atoms. The van der Waals surface area contributed by atoms with Crippen molar-refractivity contribution in [2.24, 2.45) is 0 Å². The molecule has 5 nitrogen and oxygen atoms in total. The van der Waals surface area contributed by atoms with Crippen molar-refractivity contribution >= 4 is 5.97 Å². The lowest BCUT2D eigenvalue weighted by Gasteiger charge is -2.09. The highest BCUT2D eigenvalue weighted by Crippen LogP contribution is 2.05. The average Bonchev–Trinajstić information content (AvgIpc) is 2.34. The summed E-state index contributed by atoms with van der Waals surface area (Å²) in [6, 6.07) is 8.18. The van der Waals surface area contributed by atoms with Gasteiger partial charge in [-0.3, -0.25) is 4.79 Å². The summed E-state index contributed by atoms with van der Waals surface area (Å²) in [7, 11) is 0. The molecule has 2 rings (SSSR count). The Morgan fingerprint density at radius 2 is 2.17 bits per heavy atom. The molecule has 0 saturated carbocycles. The molecular formula is C13H12N2O3. The number of aromatic carboxylic acids is 1. The van der Waals surface area contributed by atoms with Crippen LogP contribution in [0.5, 0.6) is 0 Å². The molecule has 0 atom stereocenters. The van der Waals surface area contributed by atoms with E-state index in [1.54, 1.807) is 16.7 Å². The van der Waals surface area contributed by atoms with E-state index in [1.807, 2.05) is 13.0 Å². The van der Waals surface area contributed by atoms with Crippen LogP contribution in [0.25, 0.3) is 0 Å². The average molecular weight is 244 g/mol. The summed E-state index contributed by atoms with van der Waals surface area (Å²) >= 11 is 0. The normalized spacial score (nSPS) is 10.3. The molecular weight excluding hydrogens is 232 g/mol. The van der Waals surface area contributed by atoms with Gasteiger partial charge in [-0.1, -0.05) is 6.07 Å². The number of rotatable bonds is 3. The first-order valence-corrected chi connectivity index (χ1v) is 5.42. The first-order chi connectivity index (χ1) is 8.58. The van der Waals surface area contributed by atoms with Crippen molar-refractivity contribution < 1.29 is 9.90 Å². The monoisotopic (exact) mass is 244 g/mol. The zero-order valence-corrected chi connectivity index (χ0v) is 9.83. The maximum atomic E-state index is 11.7. The molecule has 1 N–H and O–H groups in total. The number of aromatic nitrogens is 2. The van der Waals surface area contributed by atoms with Gasteiger partial charge >= 0.3 is 5.97 Å². The summed E-state index contributed by atoms with van der Waals surface area (Å²) in [5.41, 5.74) is 1.44. The van der Waals surface area contributed by atoms with E-state index in [1.165, 1.54) is 18.3 Å². The number of nitrogens with zero attached hydrogens (tertiary/aromatic N) is 2. The van der Waals surface area contributed by atoms with Gasteiger partial charge in [-0.15, -0.1) is 0 Å². The Hall–Kier alpha value is -2.43. The molecule has 2 aromatic rings. The molecule has 0 amide bonds. The van der Waals surface area contributed by atoms with Crippen molar-refractivity contribution in [2.75, 3.05) is 0 Å². The van der Waals surface area contributed by atoms with Crippen LogP contribution >= 0.6 is 0 Å². The van der Waals surface area contributed by atoms with E-state index in [9.17, 15) is 9.59 Å². The van der Waals surface area contributed by atoms with Crippen LogP contribution in [0.2, 0.25) is 0 Å². The highest BCUT2D eigenvalue weighted by Gasteiger charge is 2.06. The molecule has 0 radical (unpaired) electrons. The van der Waals surface area contributed by atoms with Crippen LogP contribution in [0.4, 0.5) is 0 Å². The molecule has 18 heavy (non-hydrogen) atoms. The number of hydrogen-bond acceptors (Lipinski definition) is 3. The quantitative estimate of drug-likeness (QED) is 0.883. The lowest BCUT2D eigenvalue weighted by atomic mass is 10.2.